The Morgan fingerprint density at radius 1 is 1.53 bits per heavy atom. The van der Waals surface area contributed by atoms with Crippen molar-refractivity contribution in [2.24, 2.45) is 5.73 Å². The monoisotopic (exact) mass is 237 g/mol. The summed E-state index contributed by atoms with van der Waals surface area (Å²) in [7, 11) is 0. The molecule has 0 aromatic heterocycles. The molecular weight excluding hydrogens is 218 g/mol. The highest BCUT2D eigenvalue weighted by molar-refractivity contribution is 5.72. The van der Waals surface area contributed by atoms with Gasteiger partial charge in [-0.3, -0.25) is 0 Å². The molecule has 1 aromatic carbocycles. The first-order valence-corrected chi connectivity index (χ1v) is 5.71. The highest BCUT2D eigenvalue weighted by Gasteiger charge is 2.17. The minimum atomic E-state index is -0.942. The third-order valence-corrected chi connectivity index (χ3v) is 2.64. The van der Waals surface area contributed by atoms with Crippen molar-refractivity contribution in [1.29, 1.82) is 0 Å². The first-order valence-electron chi connectivity index (χ1n) is 5.71. The molecule has 17 heavy (non-hydrogen) atoms. The lowest BCUT2D eigenvalue weighted by Crippen LogP contribution is -2.26. The van der Waals surface area contributed by atoms with Gasteiger partial charge < -0.3 is 15.6 Å². The summed E-state index contributed by atoms with van der Waals surface area (Å²) in [5.41, 5.74) is 7.69. The fourth-order valence-electron chi connectivity index (χ4n) is 1.55. The summed E-state index contributed by atoms with van der Waals surface area (Å²) in [5.74, 6) is -0.341. The second kappa shape index (κ2) is 5.68. The molecule has 0 saturated carbocycles. The molecule has 1 unspecified atom stereocenters. The molecule has 0 saturated heterocycles. The zero-order valence-electron chi connectivity index (χ0n) is 10.4. The van der Waals surface area contributed by atoms with Crippen LogP contribution in [0.15, 0.2) is 18.2 Å². The van der Waals surface area contributed by atoms with Crippen LogP contribution >= 0.6 is 0 Å². The average Bonchev–Trinajstić information content (AvgIpc) is 2.26. The summed E-state index contributed by atoms with van der Waals surface area (Å²) in [4.78, 5) is 10.9. The normalized spacial score (nSPS) is 14.1. The Morgan fingerprint density at radius 2 is 2.18 bits per heavy atom. The van der Waals surface area contributed by atoms with Crippen LogP contribution in [0.3, 0.4) is 0 Å². The standard InChI is InChI=1S/C13H19NO3/c1-4-11(13(15)16)17-12-6-5-10(9(3)14)7-8(12)2/h5-7,9,11H,4,14H2,1-3H3,(H,15,16)/t9-,11?/m1/s1. The number of aryl methyl sites for hydroxylation is 1. The molecule has 94 valence electrons. The van der Waals surface area contributed by atoms with Gasteiger partial charge in [-0.1, -0.05) is 19.1 Å². The predicted molar refractivity (Wildman–Crippen MR) is 66.1 cm³/mol. The first kappa shape index (κ1) is 13.5. The Morgan fingerprint density at radius 3 is 2.59 bits per heavy atom. The van der Waals surface area contributed by atoms with E-state index in [4.69, 9.17) is 15.6 Å². The van der Waals surface area contributed by atoms with Gasteiger partial charge in [-0.25, -0.2) is 4.79 Å². The molecule has 4 nitrogen and oxygen atoms in total. The maximum atomic E-state index is 10.9. The summed E-state index contributed by atoms with van der Waals surface area (Å²) in [6.07, 6.45) is -0.362. The molecule has 2 atom stereocenters. The third-order valence-electron chi connectivity index (χ3n) is 2.64. The molecule has 0 heterocycles. The summed E-state index contributed by atoms with van der Waals surface area (Å²) in [6, 6.07) is 5.53. The third kappa shape index (κ3) is 3.46. The van der Waals surface area contributed by atoms with E-state index in [1.165, 1.54) is 0 Å². The molecule has 0 spiro atoms. The molecule has 0 fully saturated rings. The van der Waals surface area contributed by atoms with Crippen molar-refractivity contribution >= 4 is 5.97 Å². The average molecular weight is 237 g/mol. The highest BCUT2D eigenvalue weighted by Crippen LogP contribution is 2.23. The Bertz CT molecular complexity index is 402. The molecule has 0 radical (unpaired) electrons. The van der Waals surface area contributed by atoms with E-state index in [1.54, 1.807) is 13.0 Å². The number of nitrogens with two attached hydrogens (primary N) is 1. The number of hydrogen-bond donors (Lipinski definition) is 2. The topological polar surface area (TPSA) is 72.5 Å². The molecule has 0 aliphatic rings. The maximum Gasteiger partial charge on any atom is 0.344 e. The van der Waals surface area contributed by atoms with Crippen LogP contribution in [0.4, 0.5) is 0 Å². The minimum Gasteiger partial charge on any atom is -0.479 e. The van der Waals surface area contributed by atoms with E-state index >= 15 is 0 Å². The van der Waals surface area contributed by atoms with E-state index in [0.717, 1.165) is 11.1 Å². The number of carbonyl (C=O) groups is 1. The molecule has 3 N–H and O–H groups in total. The van der Waals surface area contributed by atoms with Crippen LogP contribution in [0.5, 0.6) is 5.75 Å². The van der Waals surface area contributed by atoms with Crippen LogP contribution in [-0.2, 0) is 4.79 Å². The fraction of sp³-hybridized carbons (Fsp3) is 0.462. The molecule has 4 heteroatoms. The van der Waals surface area contributed by atoms with Crippen LogP contribution in [-0.4, -0.2) is 17.2 Å². The number of hydrogen-bond acceptors (Lipinski definition) is 3. The van der Waals surface area contributed by atoms with Crippen LogP contribution in [0, 0.1) is 6.92 Å². The van der Waals surface area contributed by atoms with Crippen molar-refractivity contribution in [3.8, 4) is 5.75 Å². The van der Waals surface area contributed by atoms with Crippen LogP contribution < -0.4 is 10.5 Å². The number of rotatable bonds is 5. The van der Waals surface area contributed by atoms with Gasteiger partial charge in [0.15, 0.2) is 6.10 Å². The van der Waals surface area contributed by atoms with Gasteiger partial charge in [0.1, 0.15) is 5.75 Å². The van der Waals surface area contributed by atoms with Gasteiger partial charge in [-0.15, -0.1) is 0 Å². The van der Waals surface area contributed by atoms with Crippen LogP contribution in [0.25, 0.3) is 0 Å². The van der Waals surface area contributed by atoms with Crippen molar-refractivity contribution in [3.63, 3.8) is 0 Å². The van der Waals surface area contributed by atoms with Gasteiger partial charge in [0, 0.05) is 6.04 Å². The van der Waals surface area contributed by atoms with Gasteiger partial charge in [0.05, 0.1) is 0 Å². The lowest BCUT2D eigenvalue weighted by Gasteiger charge is -2.16. The highest BCUT2D eigenvalue weighted by atomic mass is 16.5. The minimum absolute atomic E-state index is 0.0378. The largest absolute Gasteiger partial charge is 0.479 e. The Hall–Kier alpha value is -1.55. The number of carboxylic acid groups (broad SMARTS) is 1. The number of aliphatic carboxylic acids is 1. The molecule has 0 amide bonds. The second-order valence-corrected chi connectivity index (χ2v) is 4.17. The SMILES string of the molecule is CCC(Oc1ccc([C@@H](C)N)cc1C)C(=O)O. The zero-order chi connectivity index (χ0) is 13.0. The predicted octanol–water partition coefficient (Wildman–Crippen LogP) is 2.26. The van der Waals surface area contributed by atoms with Gasteiger partial charge in [-0.2, -0.15) is 0 Å². The van der Waals surface area contributed by atoms with Crippen molar-refractivity contribution in [3.05, 3.63) is 29.3 Å². The lowest BCUT2D eigenvalue weighted by atomic mass is 10.1. The van der Waals surface area contributed by atoms with Gasteiger partial charge in [0.25, 0.3) is 0 Å². The Labute approximate surface area is 101 Å². The van der Waals surface area contributed by atoms with Crippen molar-refractivity contribution < 1.29 is 14.6 Å². The summed E-state index contributed by atoms with van der Waals surface area (Å²) in [5, 5.41) is 8.92. The zero-order valence-corrected chi connectivity index (χ0v) is 10.4. The van der Waals surface area contributed by atoms with Crippen molar-refractivity contribution in [2.75, 3.05) is 0 Å². The first-order chi connectivity index (χ1) is 7.95. The van der Waals surface area contributed by atoms with E-state index in [1.807, 2.05) is 26.0 Å². The van der Waals surface area contributed by atoms with Crippen molar-refractivity contribution in [1.82, 2.24) is 0 Å². The van der Waals surface area contributed by atoms with Gasteiger partial charge >= 0.3 is 5.97 Å². The van der Waals surface area contributed by atoms with E-state index in [-0.39, 0.29) is 6.04 Å². The van der Waals surface area contributed by atoms with E-state index in [9.17, 15) is 4.79 Å². The molecule has 1 aromatic rings. The van der Waals surface area contributed by atoms with Crippen LogP contribution in [0.1, 0.15) is 37.4 Å². The molecule has 1 rings (SSSR count). The summed E-state index contributed by atoms with van der Waals surface area (Å²) >= 11 is 0. The van der Waals surface area contributed by atoms with Gasteiger partial charge in [-0.05, 0) is 37.5 Å². The second-order valence-electron chi connectivity index (χ2n) is 4.17. The quantitative estimate of drug-likeness (QED) is 0.823. The van der Waals surface area contributed by atoms with E-state index in [0.29, 0.717) is 12.2 Å². The van der Waals surface area contributed by atoms with E-state index in [2.05, 4.69) is 0 Å². The Kier molecular flexibility index (Phi) is 4.52. The summed E-state index contributed by atoms with van der Waals surface area (Å²) < 4.78 is 5.45. The Balaban J connectivity index is 2.89. The smallest absolute Gasteiger partial charge is 0.344 e. The molecule has 0 bridgehead atoms. The maximum absolute atomic E-state index is 10.9. The lowest BCUT2D eigenvalue weighted by molar-refractivity contribution is -0.145. The fourth-order valence-corrected chi connectivity index (χ4v) is 1.55. The number of carboxylic acids is 1. The number of ether oxygens (including phenoxy) is 1. The summed E-state index contributed by atoms with van der Waals surface area (Å²) in [6.45, 7) is 5.57. The van der Waals surface area contributed by atoms with Crippen molar-refractivity contribution in [2.45, 2.75) is 39.3 Å². The molecular formula is C13H19NO3. The van der Waals surface area contributed by atoms with Crippen LogP contribution in [0.2, 0.25) is 0 Å². The van der Waals surface area contributed by atoms with Gasteiger partial charge in [0.2, 0.25) is 0 Å². The number of benzene rings is 1. The molecule has 0 aliphatic carbocycles. The molecule has 0 aliphatic heterocycles. The van der Waals surface area contributed by atoms with E-state index < -0.39 is 12.1 Å².